The molecule has 2 rings (SSSR count). The Kier molecular flexibility index (Phi) is 5.91. The maximum atomic E-state index is 13.5. The number of alkyl halides is 6. The summed E-state index contributed by atoms with van der Waals surface area (Å²) in [4.78, 5) is 14.4. The van der Waals surface area contributed by atoms with Gasteiger partial charge in [0, 0.05) is 0 Å². The minimum atomic E-state index is -6.04. The van der Waals surface area contributed by atoms with Gasteiger partial charge in [-0.15, -0.1) is 4.98 Å². The van der Waals surface area contributed by atoms with E-state index in [-0.39, 0.29) is 0 Å². The average Bonchev–Trinajstić information content (AvgIpc) is 2.52. The maximum Gasteiger partial charge on any atom is 0.466 e. The van der Waals surface area contributed by atoms with Crippen LogP contribution in [0.25, 0.3) is 0 Å². The fourth-order valence-electron chi connectivity index (χ4n) is 1.92. The summed E-state index contributed by atoms with van der Waals surface area (Å²) in [6.45, 7) is 0. The molecular weight excluding hydrogens is 382 g/mol. The van der Waals surface area contributed by atoms with Gasteiger partial charge >= 0.3 is 30.5 Å². The fourth-order valence-corrected chi connectivity index (χ4v) is 2.06. The van der Waals surface area contributed by atoms with Crippen molar-refractivity contribution >= 4 is 17.3 Å². The lowest BCUT2D eigenvalue weighted by Gasteiger charge is -2.26. The van der Waals surface area contributed by atoms with Gasteiger partial charge in [0.2, 0.25) is 5.28 Å². The van der Waals surface area contributed by atoms with Crippen molar-refractivity contribution in [3.05, 3.63) is 5.28 Å². The minimum Gasteiger partial charge on any atom is -0.412 e. The van der Waals surface area contributed by atoms with E-state index in [1.807, 2.05) is 0 Å². The van der Waals surface area contributed by atoms with E-state index >= 15 is 0 Å². The summed E-state index contributed by atoms with van der Waals surface area (Å²) in [6, 6.07) is -2.13. The number of rotatable bonds is 5. The van der Waals surface area contributed by atoms with Crippen LogP contribution < -0.4 is 9.57 Å². The maximum absolute atomic E-state index is 13.5. The fraction of sp³-hybridized carbons (Fsp3) is 0.667. The molecule has 0 aromatic carbocycles. The molecule has 1 unspecified atom stereocenters. The van der Waals surface area contributed by atoms with E-state index in [9.17, 15) is 26.3 Å². The third kappa shape index (κ3) is 4.83. The van der Waals surface area contributed by atoms with Gasteiger partial charge in [-0.2, -0.15) is 27.5 Å². The van der Waals surface area contributed by atoms with Crippen LogP contribution in [-0.4, -0.2) is 39.1 Å². The number of hydrogen-bond donors (Lipinski definition) is 0. The van der Waals surface area contributed by atoms with E-state index in [1.54, 1.807) is 0 Å². The molecule has 0 aliphatic heterocycles. The Bertz CT molecular complexity index is 637. The molecule has 1 fully saturated rings. The number of ether oxygens (including phenoxy) is 1. The van der Waals surface area contributed by atoms with Gasteiger partial charge in [0.1, 0.15) is 0 Å². The predicted molar refractivity (Wildman–Crippen MR) is 72.5 cm³/mol. The van der Waals surface area contributed by atoms with E-state index in [2.05, 4.69) is 24.8 Å². The number of hydrogen-bond acceptors (Lipinski definition) is 6. The molecule has 1 saturated carbocycles. The summed E-state index contributed by atoms with van der Waals surface area (Å²) >= 11 is 5.43. The van der Waals surface area contributed by atoms with Crippen LogP contribution >= 0.6 is 11.6 Å². The summed E-state index contributed by atoms with van der Waals surface area (Å²) in [7, 11) is 0. The van der Waals surface area contributed by atoms with Gasteiger partial charge in [-0.3, -0.25) is 0 Å². The quantitative estimate of drug-likeness (QED) is 0.557. The van der Waals surface area contributed by atoms with E-state index in [1.165, 1.54) is 0 Å². The van der Waals surface area contributed by atoms with Crippen LogP contribution in [0.5, 0.6) is 12.0 Å². The number of nitrogens with zero attached hydrogens (tertiary/aromatic N) is 4. The van der Waals surface area contributed by atoms with E-state index in [0.29, 0.717) is 18.6 Å². The van der Waals surface area contributed by atoms with E-state index < -0.39 is 35.8 Å². The third-order valence-electron chi connectivity index (χ3n) is 3.16. The van der Waals surface area contributed by atoms with Gasteiger partial charge in [-0.1, -0.05) is 11.6 Å². The number of halogens is 7. The van der Waals surface area contributed by atoms with Crippen molar-refractivity contribution in [2.75, 3.05) is 0 Å². The molecule has 0 bridgehead atoms. The van der Waals surface area contributed by atoms with E-state index in [4.69, 9.17) is 16.4 Å². The second kappa shape index (κ2) is 7.58. The van der Waals surface area contributed by atoms with Gasteiger partial charge in [0.15, 0.2) is 0 Å². The molecule has 1 aromatic heterocycles. The lowest BCUT2D eigenvalue weighted by Crippen LogP contribution is -2.52. The zero-order valence-corrected chi connectivity index (χ0v) is 13.1. The van der Waals surface area contributed by atoms with Gasteiger partial charge in [0.05, 0.1) is 5.71 Å². The molecule has 140 valence electrons. The number of oxime groups is 1. The molecular formula is C12H11ClF6N4O2. The first-order chi connectivity index (χ1) is 11.6. The summed E-state index contributed by atoms with van der Waals surface area (Å²) in [5.74, 6) is -5.32. The Labute approximate surface area is 142 Å². The normalized spacial score (nSPS) is 18.0. The zero-order chi connectivity index (χ0) is 18.7. The third-order valence-corrected chi connectivity index (χ3v) is 3.33. The standard InChI is InChI=1S/C12H11ClF6N4O2/c13-8-20-9(24-11(16,7(14)15)12(17,18)19)22-10(21-8)25-23-6-4-2-1-3-5-6/h7H,1-5H2. The molecule has 1 heterocycles. The molecule has 13 heteroatoms. The molecule has 0 spiro atoms. The summed E-state index contributed by atoms with van der Waals surface area (Å²) < 4.78 is 79.6. The average molecular weight is 393 g/mol. The molecule has 0 amide bonds. The lowest BCUT2D eigenvalue weighted by molar-refractivity contribution is -0.341. The van der Waals surface area contributed by atoms with Crippen LogP contribution in [0.4, 0.5) is 26.3 Å². The van der Waals surface area contributed by atoms with Crippen LogP contribution in [0.15, 0.2) is 5.16 Å². The van der Waals surface area contributed by atoms with Gasteiger partial charge in [-0.25, -0.2) is 8.78 Å². The summed E-state index contributed by atoms with van der Waals surface area (Å²) in [6.07, 6.45) is -6.49. The lowest BCUT2D eigenvalue weighted by atomic mass is 9.99. The van der Waals surface area contributed by atoms with Crippen molar-refractivity contribution in [3.63, 3.8) is 0 Å². The van der Waals surface area contributed by atoms with E-state index in [0.717, 1.165) is 19.3 Å². The Morgan fingerprint density at radius 2 is 1.56 bits per heavy atom. The van der Waals surface area contributed by atoms with Crippen molar-refractivity contribution in [3.8, 4) is 12.0 Å². The Morgan fingerprint density at radius 3 is 2.12 bits per heavy atom. The second-order valence-corrected chi connectivity index (χ2v) is 5.36. The van der Waals surface area contributed by atoms with Crippen molar-refractivity contribution in [2.24, 2.45) is 5.16 Å². The van der Waals surface area contributed by atoms with Crippen molar-refractivity contribution < 1.29 is 35.9 Å². The molecule has 1 aromatic rings. The molecule has 1 aliphatic rings. The monoisotopic (exact) mass is 392 g/mol. The molecule has 25 heavy (non-hydrogen) atoms. The topological polar surface area (TPSA) is 69.5 Å². The first kappa shape index (κ1) is 19.5. The Hall–Kier alpha value is -1.85. The van der Waals surface area contributed by atoms with Crippen LogP contribution in [-0.2, 0) is 0 Å². The highest BCUT2D eigenvalue weighted by molar-refractivity contribution is 6.28. The summed E-state index contributed by atoms with van der Waals surface area (Å²) in [5, 5.41) is 2.95. The molecule has 1 aliphatic carbocycles. The highest BCUT2D eigenvalue weighted by atomic mass is 35.5. The minimum absolute atomic E-state index is 0.648. The molecule has 1 atom stereocenters. The number of aromatic nitrogens is 3. The first-order valence-corrected chi connectivity index (χ1v) is 7.37. The van der Waals surface area contributed by atoms with Crippen molar-refractivity contribution in [2.45, 2.75) is 50.6 Å². The molecule has 6 nitrogen and oxygen atoms in total. The first-order valence-electron chi connectivity index (χ1n) is 6.99. The predicted octanol–water partition coefficient (Wildman–Crippen LogP) is 4.10. The van der Waals surface area contributed by atoms with Gasteiger partial charge in [-0.05, 0) is 37.3 Å². The highest BCUT2D eigenvalue weighted by Gasteiger charge is 2.66. The SMILES string of the molecule is FC(F)C(F)(Oc1nc(Cl)nc(ON=C2CCCCC2)n1)C(F)(F)F. The van der Waals surface area contributed by atoms with Gasteiger partial charge < -0.3 is 9.57 Å². The summed E-state index contributed by atoms with van der Waals surface area (Å²) in [5.41, 5.74) is 0.660. The van der Waals surface area contributed by atoms with Crippen molar-refractivity contribution in [1.82, 2.24) is 15.0 Å². The largest absolute Gasteiger partial charge is 0.466 e. The Balaban J connectivity index is 2.20. The molecule has 0 saturated heterocycles. The van der Waals surface area contributed by atoms with Crippen molar-refractivity contribution in [1.29, 1.82) is 0 Å². The highest BCUT2D eigenvalue weighted by Crippen LogP contribution is 2.40. The van der Waals surface area contributed by atoms with Crippen LogP contribution in [0, 0.1) is 0 Å². The van der Waals surface area contributed by atoms with Crippen LogP contribution in [0.3, 0.4) is 0 Å². The molecule has 0 radical (unpaired) electrons. The molecule has 0 N–H and O–H groups in total. The van der Waals surface area contributed by atoms with Crippen LogP contribution in [0.2, 0.25) is 5.28 Å². The zero-order valence-electron chi connectivity index (χ0n) is 12.4. The Morgan fingerprint density at radius 1 is 0.960 bits per heavy atom. The smallest absolute Gasteiger partial charge is 0.412 e. The van der Waals surface area contributed by atoms with Crippen LogP contribution in [0.1, 0.15) is 32.1 Å². The second-order valence-electron chi connectivity index (χ2n) is 5.02. The van der Waals surface area contributed by atoms with Gasteiger partial charge in [0.25, 0.3) is 0 Å².